The molecule has 28 heavy (non-hydrogen) atoms. The first-order valence-corrected chi connectivity index (χ1v) is 8.92. The van der Waals surface area contributed by atoms with E-state index in [2.05, 4.69) is 10.1 Å². The van der Waals surface area contributed by atoms with E-state index in [0.29, 0.717) is 35.3 Å². The maximum atomic E-state index is 13.9. The maximum absolute atomic E-state index is 13.9. The molecule has 1 aromatic heterocycles. The molecule has 1 unspecified atom stereocenters. The molecule has 5 rings (SSSR count). The van der Waals surface area contributed by atoms with E-state index in [0.717, 1.165) is 5.56 Å². The van der Waals surface area contributed by atoms with Crippen LogP contribution >= 0.6 is 0 Å². The first-order valence-electron chi connectivity index (χ1n) is 8.92. The minimum absolute atomic E-state index is 0.0531. The average molecular weight is 381 g/mol. The zero-order chi connectivity index (χ0) is 19.1. The minimum Gasteiger partial charge on any atom is -0.454 e. The first-order chi connectivity index (χ1) is 13.7. The van der Waals surface area contributed by atoms with Crippen molar-refractivity contribution in [3.05, 3.63) is 59.7 Å². The zero-order valence-electron chi connectivity index (χ0n) is 14.8. The van der Waals surface area contributed by atoms with Gasteiger partial charge in [0.1, 0.15) is 5.82 Å². The Labute approximate surface area is 159 Å². The van der Waals surface area contributed by atoms with Crippen LogP contribution in [-0.4, -0.2) is 34.3 Å². The molecule has 7 nitrogen and oxygen atoms in total. The van der Waals surface area contributed by atoms with Gasteiger partial charge in [-0.2, -0.15) is 4.98 Å². The summed E-state index contributed by atoms with van der Waals surface area (Å²) in [5.74, 6) is 1.57. The third kappa shape index (κ3) is 2.96. The highest BCUT2D eigenvalue weighted by Crippen LogP contribution is 2.36. The van der Waals surface area contributed by atoms with Crippen molar-refractivity contribution in [3.8, 4) is 23.0 Å². The van der Waals surface area contributed by atoms with Gasteiger partial charge in [-0.25, -0.2) is 4.39 Å². The molecule has 142 valence electrons. The van der Waals surface area contributed by atoms with Crippen molar-refractivity contribution in [3.63, 3.8) is 0 Å². The SMILES string of the molecule is O=C1CC(c2noc(-c3ccc4c(c3)OCO4)n2)CN1Cc1ccccc1F. The quantitative estimate of drug-likeness (QED) is 0.691. The number of aromatic nitrogens is 2. The number of fused-ring (bicyclic) bond motifs is 1. The standard InChI is InChI=1S/C20H16FN3O4/c21-15-4-2-1-3-13(15)9-24-10-14(8-18(24)25)19-22-20(28-23-19)12-5-6-16-17(7-12)27-11-26-16/h1-7,14H,8-11H2. The number of carbonyl (C=O) groups is 1. The van der Waals surface area contributed by atoms with Gasteiger partial charge in [0, 0.05) is 36.6 Å². The number of amides is 1. The molecule has 0 bridgehead atoms. The van der Waals surface area contributed by atoms with Crippen LogP contribution in [0.2, 0.25) is 0 Å². The number of benzene rings is 2. The second kappa shape index (κ2) is 6.63. The summed E-state index contributed by atoms with van der Waals surface area (Å²) in [6, 6.07) is 11.8. The fourth-order valence-corrected chi connectivity index (χ4v) is 3.48. The molecule has 8 heteroatoms. The Kier molecular flexibility index (Phi) is 3.96. The highest BCUT2D eigenvalue weighted by Gasteiger charge is 2.34. The van der Waals surface area contributed by atoms with Gasteiger partial charge in [-0.15, -0.1) is 0 Å². The lowest BCUT2D eigenvalue weighted by Crippen LogP contribution is -2.25. The first kappa shape index (κ1) is 16.7. The summed E-state index contributed by atoms with van der Waals surface area (Å²) in [5, 5.41) is 4.05. The molecule has 0 radical (unpaired) electrons. The third-order valence-electron chi connectivity index (χ3n) is 4.96. The minimum atomic E-state index is -0.316. The molecule has 1 atom stereocenters. The molecule has 0 N–H and O–H groups in total. The summed E-state index contributed by atoms with van der Waals surface area (Å²) in [7, 11) is 0. The fourth-order valence-electron chi connectivity index (χ4n) is 3.48. The Balaban J connectivity index is 1.32. The van der Waals surface area contributed by atoms with Gasteiger partial charge in [0.2, 0.25) is 12.7 Å². The van der Waals surface area contributed by atoms with Gasteiger partial charge >= 0.3 is 0 Å². The predicted molar refractivity (Wildman–Crippen MR) is 95.0 cm³/mol. The molecule has 1 amide bonds. The average Bonchev–Trinajstić information content (AvgIpc) is 3.43. The van der Waals surface area contributed by atoms with Gasteiger partial charge in [-0.1, -0.05) is 23.4 Å². The van der Waals surface area contributed by atoms with Crippen molar-refractivity contribution in [1.29, 1.82) is 0 Å². The molecule has 1 saturated heterocycles. The van der Waals surface area contributed by atoms with Crippen LogP contribution in [0.25, 0.3) is 11.5 Å². The Bertz CT molecular complexity index is 1050. The normalized spacial score (nSPS) is 18.1. The van der Waals surface area contributed by atoms with Gasteiger partial charge in [0.25, 0.3) is 5.89 Å². The van der Waals surface area contributed by atoms with Gasteiger partial charge in [0.05, 0.1) is 0 Å². The van der Waals surface area contributed by atoms with E-state index in [1.54, 1.807) is 35.2 Å². The number of likely N-dealkylation sites (tertiary alicyclic amines) is 1. The highest BCUT2D eigenvalue weighted by molar-refractivity contribution is 5.79. The van der Waals surface area contributed by atoms with Crippen molar-refractivity contribution in [1.82, 2.24) is 15.0 Å². The van der Waals surface area contributed by atoms with Crippen LogP contribution in [0.15, 0.2) is 47.0 Å². The lowest BCUT2D eigenvalue weighted by Gasteiger charge is -2.16. The van der Waals surface area contributed by atoms with E-state index in [-0.39, 0.29) is 37.4 Å². The number of rotatable bonds is 4. The molecule has 0 spiro atoms. The van der Waals surface area contributed by atoms with Crippen LogP contribution in [-0.2, 0) is 11.3 Å². The number of ether oxygens (including phenoxy) is 2. The smallest absolute Gasteiger partial charge is 0.258 e. The molecule has 0 aliphatic carbocycles. The van der Waals surface area contributed by atoms with Crippen LogP contribution in [0.5, 0.6) is 11.5 Å². The molecule has 1 fully saturated rings. The van der Waals surface area contributed by atoms with Crippen molar-refractivity contribution in [2.45, 2.75) is 18.9 Å². The highest BCUT2D eigenvalue weighted by atomic mass is 19.1. The van der Waals surface area contributed by atoms with Crippen molar-refractivity contribution < 1.29 is 23.2 Å². The Morgan fingerprint density at radius 3 is 2.89 bits per heavy atom. The topological polar surface area (TPSA) is 77.7 Å². The number of carbonyl (C=O) groups excluding carboxylic acids is 1. The zero-order valence-corrected chi connectivity index (χ0v) is 14.8. The van der Waals surface area contributed by atoms with Crippen LogP contribution in [0.3, 0.4) is 0 Å². The van der Waals surface area contributed by atoms with E-state index in [1.165, 1.54) is 6.07 Å². The summed E-state index contributed by atoms with van der Waals surface area (Å²) < 4.78 is 29.9. The maximum Gasteiger partial charge on any atom is 0.258 e. The number of hydrogen-bond acceptors (Lipinski definition) is 6. The van der Waals surface area contributed by atoms with Gasteiger partial charge in [0.15, 0.2) is 17.3 Å². The summed E-state index contributed by atoms with van der Waals surface area (Å²) in [4.78, 5) is 18.4. The van der Waals surface area contributed by atoms with E-state index in [1.807, 2.05) is 6.07 Å². The number of halogens is 1. The van der Waals surface area contributed by atoms with Crippen LogP contribution < -0.4 is 9.47 Å². The monoisotopic (exact) mass is 381 g/mol. The largest absolute Gasteiger partial charge is 0.454 e. The summed E-state index contributed by atoms with van der Waals surface area (Å²) in [5.41, 5.74) is 1.21. The molecule has 3 aromatic rings. The summed E-state index contributed by atoms with van der Waals surface area (Å²) >= 11 is 0. The van der Waals surface area contributed by atoms with Crippen LogP contribution in [0, 0.1) is 5.82 Å². The molecule has 2 aliphatic heterocycles. The van der Waals surface area contributed by atoms with Crippen LogP contribution in [0.1, 0.15) is 23.7 Å². The fraction of sp³-hybridized carbons (Fsp3) is 0.250. The molecule has 2 aliphatic rings. The van der Waals surface area contributed by atoms with E-state index >= 15 is 0 Å². The Hall–Kier alpha value is -3.42. The second-order valence-electron chi connectivity index (χ2n) is 6.79. The lowest BCUT2D eigenvalue weighted by atomic mass is 10.1. The predicted octanol–water partition coefficient (Wildman–Crippen LogP) is 3.12. The third-order valence-corrected chi connectivity index (χ3v) is 4.96. The second-order valence-corrected chi connectivity index (χ2v) is 6.79. The molecular weight excluding hydrogens is 365 g/mol. The molecule has 0 saturated carbocycles. The Morgan fingerprint density at radius 2 is 2.00 bits per heavy atom. The molecule has 2 aromatic carbocycles. The van der Waals surface area contributed by atoms with Gasteiger partial charge in [-0.3, -0.25) is 4.79 Å². The molecule has 3 heterocycles. The van der Waals surface area contributed by atoms with E-state index < -0.39 is 0 Å². The number of hydrogen-bond donors (Lipinski definition) is 0. The van der Waals surface area contributed by atoms with Crippen molar-refractivity contribution >= 4 is 5.91 Å². The van der Waals surface area contributed by atoms with Crippen molar-refractivity contribution in [2.75, 3.05) is 13.3 Å². The van der Waals surface area contributed by atoms with Gasteiger partial charge in [-0.05, 0) is 24.3 Å². The molecular formula is C20H16FN3O4. The van der Waals surface area contributed by atoms with E-state index in [9.17, 15) is 9.18 Å². The summed E-state index contributed by atoms with van der Waals surface area (Å²) in [6.45, 7) is 0.845. The Morgan fingerprint density at radius 1 is 1.14 bits per heavy atom. The van der Waals surface area contributed by atoms with E-state index in [4.69, 9.17) is 14.0 Å². The summed E-state index contributed by atoms with van der Waals surface area (Å²) in [6.07, 6.45) is 0.272. The van der Waals surface area contributed by atoms with Crippen molar-refractivity contribution in [2.24, 2.45) is 0 Å². The number of nitrogens with zero attached hydrogens (tertiary/aromatic N) is 3. The van der Waals surface area contributed by atoms with Gasteiger partial charge < -0.3 is 18.9 Å². The van der Waals surface area contributed by atoms with Crippen LogP contribution in [0.4, 0.5) is 4.39 Å². The lowest BCUT2D eigenvalue weighted by molar-refractivity contribution is -0.128.